The van der Waals surface area contributed by atoms with Gasteiger partial charge in [0, 0.05) is 24.2 Å². The third-order valence-electron chi connectivity index (χ3n) is 5.87. The lowest BCUT2D eigenvalue weighted by atomic mass is 10.1. The molecule has 0 atom stereocenters. The number of sulfonamides is 1. The van der Waals surface area contributed by atoms with Crippen LogP contribution < -0.4 is 14.2 Å². The number of methoxy groups -OCH3 is 2. The number of hydrogen-bond donors (Lipinski definition) is 1. The first-order valence-corrected chi connectivity index (χ1v) is 12.5. The number of ether oxygens (including phenoxy) is 2. The van der Waals surface area contributed by atoms with Gasteiger partial charge in [-0.15, -0.1) is 0 Å². The van der Waals surface area contributed by atoms with Crippen LogP contribution in [0.15, 0.2) is 35.2 Å². The van der Waals surface area contributed by atoms with Crippen molar-refractivity contribution in [2.24, 2.45) is 5.92 Å². The molecule has 2 fully saturated rings. The smallest absolute Gasteiger partial charge is 0.262 e. The van der Waals surface area contributed by atoms with E-state index in [-0.39, 0.29) is 33.3 Å². The molecule has 9 heteroatoms. The van der Waals surface area contributed by atoms with Gasteiger partial charge in [0.1, 0.15) is 11.5 Å². The predicted molar refractivity (Wildman–Crippen MR) is 123 cm³/mol. The van der Waals surface area contributed by atoms with Crippen LogP contribution in [0.3, 0.4) is 0 Å². The summed E-state index contributed by atoms with van der Waals surface area (Å²) in [6.07, 6.45) is 4.32. The number of carbonyl (C=O) groups is 1. The molecule has 0 bridgehead atoms. The molecule has 7 nitrogen and oxygen atoms in total. The number of benzene rings is 2. The molecule has 172 valence electrons. The highest BCUT2D eigenvalue weighted by Crippen LogP contribution is 2.38. The first kappa shape index (κ1) is 22.7. The lowest BCUT2D eigenvalue weighted by Crippen LogP contribution is -2.35. The van der Waals surface area contributed by atoms with Crippen LogP contribution in [-0.4, -0.2) is 46.0 Å². The minimum absolute atomic E-state index is 0.00242. The molecule has 2 saturated carbocycles. The molecular weight excluding hydrogens is 452 g/mol. The summed E-state index contributed by atoms with van der Waals surface area (Å²) < 4.78 is 39.3. The average Bonchev–Trinajstić information content (AvgIpc) is 3.66. The second-order valence-electron chi connectivity index (χ2n) is 8.40. The van der Waals surface area contributed by atoms with Gasteiger partial charge in [-0.2, -0.15) is 0 Å². The molecular formula is C23H27ClN2O5S. The van der Waals surface area contributed by atoms with E-state index < -0.39 is 10.0 Å². The summed E-state index contributed by atoms with van der Waals surface area (Å²) in [6, 6.07) is 7.83. The van der Waals surface area contributed by atoms with E-state index >= 15 is 0 Å². The second kappa shape index (κ2) is 8.83. The number of carbonyl (C=O) groups excluding carboxylic acids is 1. The van der Waals surface area contributed by atoms with Crippen LogP contribution >= 0.6 is 11.6 Å². The van der Waals surface area contributed by atoms with Crippen molar-refractivity contribution in [1.29, 1.82) is 0 Å². The molecule has 2 aliphatic rings. The Kier molecular flexibility index (Phi) is 6.27. The number of nitrogens with zero attached hydrogens (tertiary/aromatic N) is 1. The molecule has 0 unspecified atom stereocenters. The SMILES string of the molecule is COc1cc(OC)c(NS(=O)(=O)c2ccc(C)c(C(=O)N(CC3CC3)C3CC3)c2)cc1Cl. The van der Waals surface area contributed by atoms with E-state index in [4.69, 9.17) is 21.1 Å². The Morgan fingerprint density at radius 1 is 1.09 bits per heavy atom. The minimum atomic E-state index is -4.00. The van der Waals surface area contributed by atoms with Crippen LogP contribution in [0.4, 0.5) is 5.69 Å². The van der Waals surface area contributed by atoms with Crippen molar-refractivity contribution in [3.63, 3.8) is 0 Å². The van der Waals surface area contributed by atoms with Gasteiger partial charge >= 0.3 is 0 Å². The van der Waals surface area contributed by atoms with E-state index in [1.165, 1.54) is 38.5 Å². The monoisotopic (exact) mass is 478 g/mol. The van der Waals surface area contributed by atoms with Crippen LogP contribution in [0, 0.1) is 12.8 Å². The Morgan fingerprint density at radius 3 is 2.38 bits per heavy atom. The molecule has 0 spiro atoms. The van der Waals surface area contributed by atoms with Crippen LogP contribution in [0.1, 0.15) is 41.6 Å². The molecule has 0 heterocycles. The average molecular weight is 479 g/mol. The van der Waals surface area contributed by atoms with Gasteiger partial charge in [-0.3, -0.25) is 9.52 Å². The molecule has 0 aliphatic heterocycles. The fourth-order valence-electron chi connectivity index (χ4n) is 3.66. The molecule has 2 aliphatic carbocycles. The fourth-order valence-corrected chi connectivity index (χ4v) is 4.99. The highest BCUT2D eigenvalue weighted by atomic mass is 35.5. The van der Waals surface area contributed by atoms with Crippen molar-refractivity contribution in [2.45, 2.75) is 43.5 Å². The van der Waals surface area contributed by atoms with Crippen molar-refractivity contribution in [3.05, 3.63) is 46.5 Å². The maximum atomic E-state index is 13.3. The first-order valence-electron chi connectivity index (χ1n) is 10.6. The Labute approximate surface area is 193 Å². The standard InChI is InChI=1S/C23H27ClN2O5S/c1-14-4-9-17(10-18(14)23(27)26(16-7-8-16)13-15-5-6-15)32(28,29)25-20-11-19(24)21(30-2)12-22(20)31-3/h4,9-12,15-16,25H,5-8,13H2,1-3H3. The van der Waals surface area contributed by atoms with E-state index in [1.807, 2.05) is 11.8 Å². The minimum Gasteiger partial charge on any atom is -0.495 e. The van der Waals surface area contributed by atoms with Crippen LogP contribution in [-0.2, 0) is 10.0 Å². The molecule has 1 N–H and O–H groups in total. The number of aryl methyl sites for hydroxylation is 1. The molecule has 1 amide bonds. The van der Waals surface area contributed by atoms with E-state index in [9.17, 15) is 13.2 Å². The lowest BCUT2D eigenvalue weighted by molar-refractivity contribution is 0.0734. The molecule has 4 rings (SSSR count). The third kappa shape index (κ3) is 4.81. The number of amides is 1. The van der Waals surface area contributed by atoms with Gasteiger partial charge in [0.2, 0.25) is 0 Å². The van der Waals surface area contributed by atoms with E-state index in [0.29, 0.717) is 17.2 Å². The number of rotatable bonds is 9. The number of nitrogens with one attached hydrogen (secondary N) is 1. The van der Waals surface area contributed by atoms with E-state index in [2.05, 4.69) is 4.72 Å². The predicted octanol–water partition coefficient (Wildman–Crippen LogP) is 4.48. The second-order valence-corrected chi connectivity index (χ2v) is 10.5. The van der Waals surface area contributed by atoms with Gasteiger partial charge in [-0.1, -0.05) is 17.7 Å². The number of hydrogen-bond acceptors (Lipinski definition) is 5. The molecule has 2 aromatic rings. The summed E-state index contributed by atoms with van der Waals surface area (Å²) in [6.45, 7) is 2.57. The number of anilines is 1. The maximum Gasteiger partial charge on any atom is 0.262 e. The van der Waals surface area contributed by atoms with Crippen molar-refractivity contribution in [3.8, 4) is 11.5 Å². The number of halogens is 1. The van der Waals surface area contributed by atoms with Crippen LogP contribution in [0.25, 0.3) is 0 Å². The summed E-state index contributed by atoms with van der Waals surface area (Å²) in [5.41, 5.74) is 1.35. The summed E-state index contributed by atoms with van der Waals surface area (Å²) in [5, 5.41) is 0.242. The zero-order valence-electron chi connectivity index (χ0n) is 18.4. The molecule has 32 heavy (non-hydrogen) atoms. The largest absolute Gasteiger partial charge is 0.495 e. The third-order valence-corrected chi connectivity index (χ3v) is 7.53. The van der Waals surface area contributed by atoms with Gasteiger partial charge in [0.25, 0.3) is 15.9 Å². The molecule has 0 radical (unpaired) electrons. The fraction of sp³-hybridized carbons (Fsp3) is 0.435. The summed E-state index contributed by atoms with van der Waals surface area (Å²) >= 11 is 6.17. The van der Waals surface area contributed by atoms with Gasteiger partial charge in [-0.25, -0.2) is 8.42 Å². The quantitative estimate of drug-likeness (QED) is 0.574. The molecule has 2 aromatic carbocycles. The zero-order chi connectivity index (χ0) is 23.0. The Balaban J connectivity index is 1.63. The van der Waals surface area contributed by atoms with Crippen LogP contribution in [0.2, 0.25) is 5.02 Å². The van der Waals surface area contributed by atoms with Gasteiger partial charge in [-0.05, 0) is 62.3 Å². The Hall–Kier alpha value is -2.45. The van der Waals surface area contributed by atoms with Gasteiger partial charge in [0.05, 0.1) is 29.8 Å². The summed E-state index contributed by atoms with van der Waals surface area (Å²) in [4.78, 5) is 15.3. The summed E-state index contributed by atoms with van der Waals surface area (Å²) in [5.74, 6) is 1.10. The van der Waals surface area contributed by atoms with Crippen molar-refractivity contribution in [2.75, 3.05) is 25.5 Å². The summed E-state index contributed by atoms with van der Waals surface area (Å²) in [7, 11) is -1.11. The molecule has 0 aromatic heterocycles. The Morgan fingerprint density at radius 2 is 1.78 bits per heavy atom. The van der Waals surface area contributed by atoms with E-state index in [1.54, 1.807) is 6.07 Å². The molecule has 0 saturated heterocycles. The van der Waals surface area contributed by atoms with Crippen LogP contribution in [0.5, 0.6) is 11.5 Å². The normalized spacial score (nSPS) is 15.9. The highest BCUT2D eigenvalue weighted by Gasteiger charge is 2.37. The maximum absolute atomic E-state index is 13.3. The van der Waals surface area contributed by atoms with Crippen molar-refractivity contribution < 1.29 is 22.7 Å². The van der Waals surface area contributed by atoms with Crippen molar-refractivity contribution >= 4 is 33.2 Å². The first-order chi connectivity index (χ1) is 15.2. The van der Waals surface area contributed by atoms with E-state index in [0.717, 1.165) is 37.8 Å². The highest BCUT2D eigenvalue weighted by molar-refractivity contribution is 7.92. The van der Waals surface area contributed by atoms with Gasteiger partial charge in [0.15, 0.2) is 0 Å². The topological polar surface area (TPSA) is 84.9 Å². The zero-order valence-corrected chi connectivity index (χ0v) is 19.9. The Bertz CT molecular complexity index is 1140. The van der Waals surface area contributed by atoms with Gasteiger partial charge < -0.3 is 14.4 Å². The lowest BCUT2D eigenvalue weighted by Gasteiger charge is -2.23. The van der Waals surface area contributed by atoms with Crippen molar-refractivity contribution in [1.82, 2.24) is 4.90 Å².